The number of carbonyl (C=O) groups excluding carboxylic acids is 1. The lowest BCUT2D eigenvalue weighted by Crippen LogP contribution is -2.43. The lowest BCUT2D eigenvalue weighted by Gasteiger charge is -2.38. The molecule has 1 aliphatic rings. The lowest BCUT2D eigenvalue weighted by molar-refractivity contribution is -0.119. The van der Waals surface area contributed by atoms with Crippen molar-refractivity contribution >= 4 is 19.7 Å². The molecule has 0 bridgehead atoms. The molecule has 1 saturated heterocycles. The van der Waals surface area contributed by atoms with Crippen LogP contribution >= 0.6 is 0 Å². The summed E-state index contributed by atoms with van der Waals surface area (Å²) in [4.78, 5) is 14.3. The van der Waals surface area contributed by atoms with Crippen molar-refractivity contribution in [3.63, 3.8) is 0 Å². The van der Waals surface area contributed by atoms with Gasteiger partial charge in [0.1, 0.15) is 8.07 Å². The molecule has 136 valence electrons. The van der Waals surface area contributed by atoms with E-state index in [1.54, 1.807) is 0 Å². The average Bonchev–Trinajstić information content (AvgIpc) is 2.55. The van der Waals surface area contributed by atoms with Crippen molar-refractivity contribution in [2.45, 2.75) is 77.4 Å². The molecule has 25 heavy (non-hydrogen) atoms. The van der Waals surface area contributed by atoms with Gasteiger partial charge in [0, 0.05) is 18.5 Å². The molecule has 1 aromatic carbocycles. The normalized spacial score (nSPS) is 15.7. The van der Waals surface area contributed by atoms with Crippen molar-refractivity contribution in [3.05, 3.63) is 29.8 Å². The molecule has 1 aliphatic heterocycles. The Morgan fingerprint density at radius 2 is 1.56 bits per heavy atom. The highest BCUT2D eigenvalue weighted by molar-refractivity contribution is 6.90. The molecule has 0 atom stereocenters. The van der Waals surface area contributed by atoms with Crippen LogP contribution in [0, 0.1) is 11.5 Å². The summed E-state index contributed by atoms with van der Waals surface area (Å²) in [6, 6.07) is 8.17. The van der Waals surface area contributed by atoms with Crippen molar-refractivity contribution in [2.24, 2.45) is 0 Å². The average molecular weight is 356 g/mol. The van der Waals surface area contributed by atoms with E-state index in [0.717, 1.165) is 30.6 Å². The van der Waals surface area contributed by atoms with Gasteiger partial charge in [-0.1, -0.05) is 59.6 Å². The number of piperidine rings is 1. The van der Waals surface area contributed by atoms with Gasteiger partial charge in [-0.05, 0) is 41.6 Å². The second kappa shape index (κ2) is 8.23. The third-order valence-corrected chi connectivity index (χ3v) is 12.1. The van der Waals surface area contributed by atoms with Gasteiger partial charge in [-0.15, -0.1) is 5.54 Å². The molecule has 0 unspecified atom stereocenters. The molecule has 0 saturated carbocycles. The van der Waals surface area contributed by atoms with Crippen molar-refractivity contribution < 1.29 is 4.79 Å². The van der Waals surface area contributed by atoms with E-state index >= 15 is 0 Å². The fourth-order valence-electron chi connectivity index (χ4n) is 4.48. The number of para-hydroxylation sites is 1. The molecule has 0 N–H and O–H groups in total. The maximum absolute atomic E-state index is 12.4. The van der Waals surface area contributed by atoms with Crippen molar-refractivity contribution in [2.75, 3.05) is 11.4 Å². The summed E-state index contributed by atoms with van der Waals surface area (Å²) in [6.45, 7) is 14.8. The molecule has 2 nitrogen and oxygen atoms in total. The summed E-state index contributed by atoms with van der Waals surface area (Å²) in [7, 11) is -1.76. The van der Waals surface area contributed by atoms with E-state index in [2.05, 4.69) is 65.1 Å². The summed E-state index contributed by atoms with van der Waals surface area (Å²) in [5.74, 6) is 3.77. The maximum atomic E-state index is 12.4. The predicted octanol–water partition coefficient (Wildman–Crippen LogP) is 5.77. The molecule has 2 rings (SSSR count). The maximum Gasteiger partial charge on any atom is 0.227 e. The number of nitrogens with zero attached hydrogens (tertiary/aromatic N) is 1. The molecule has 0 aliphatic carbocycles. The Balaban J connectivity index is 2.47. The van der Waals surface area contributed by atoms with Gasteiger partial charge in [0.05, 0.1) is 5.69 Å². The molecule has 0 radical (unpaired) electrons. The van der Waals surface area contributed by atoms with E-state index in [1.165, 1.54) is 0 Å². The Kier molecular flexibility index (Phi) is 6.51. The fourth-order valence-corrected chi connectivity index (χ4v) is 9.70. The highest BCUT2D eigenvalue weighted by Crippen LogP contribution is 2.41. The minimum Gasteiger partial charge on any atom is -0.311 e. The van der Waals surface area contributed by atoms with E-state index in [1.807, 2.05) is 17.0 Å². The Morgan fingerprint density at radius 1 is 0.960 bits per heavy atom. The van der Waals surface area contributed by atoms with Crippen LogP contribution < -0.4 is 4.90 Å². The number of carbonyl (C=O) groups is 1. The molecule has 3 heteroatoms. The van der Waals surface area contributed by atoms with Gasteiger partial charge in [0.15, 0.2) is 0 Å². The zero-order valence-electron chi connectivity index (χ0n) is 16.7. The molecular weight excluding hydrogens is 322 g/mol. The first kappa shape index (κ1) is 19.8. The molecular formula is C22H33NOSi. The topological polar surface area (TPSA) is 20.3 Å². The monoisotopic (exact) mass is 355 g/mol. The molecule has 1 amide bonds. The number of hydrogen-bond acceptors (Lipinski definition) is 1. The minimum atomic E-state index is -1.76. The molecule has 0 aromatic heterocycles. The van der Waals surface area contributed by atoms with Crippen LogP contribution in [0.25, 0.3) is 0 Å². The van der Waals surface area contributed by atoms with Gasteiger partial charge in [0.2, 0.25) is 5.91 Å². The largest absolute Gasteiger partial charge is 0.311 e. The van der Waals surface area contributed by atoms with Gasteiger partial charge in [-0.25, -0.2) is 0 Å². The minimum absolute atomic E-state index is 0.237. The van der Waals surface area contributed by atoms with Crippen LogP contribution in [0.2, 0.25) is 16.6 Å². The highest BCUT2D eigenvalue weighted by atomic mass is 28.3. The standard InChI is InChI=1S/C22H33NOSi/c1-17(2)25(18(3)4,19(5)6)16-14-20-11-7-8-12-21(20)23-15-10-9-13-22(23)24/h7-8,11-12,17-19H,9-10,13,15H2,1-6H3. The fraction of sp³-hybridized carbons (Fsp3) is 0.591. The number of anilines is 1. The van der Waals surface area contributed by atoms with Crippen molar-refractivity contribution in [3.8, 4) is 11.5 Å². The van der Waals surface area contributed by atoms with E-state index < -0.39 is 8.07 Å². The summed E-state index contributed by atoms with van der Waals surface area (Å²) in [6.07, 6.45) is 2.74. The smallest absolute Gasteiger partial charge is 0.227 e. The van der Waals surface area contributed by atoms with Gasteiger partial charge in [-0.3, -0.25) is 4.79 Å². The van der Waals surface area contributed by atoms with E-state index in [0.29, 0.717) is 23.0 Å². The zero-order valence-corrected chi connectivity index (χ0v) is 17.7. The van der Waals surface area contributed by atoms with Gasteiger partial charge in [-0.2, -0.15) is 0 Å². The lowest BCUT2D eigenvalue weighted by atomic mass is 10.1. The number of rotatable bonds is 4. The van der Waals surface area contributed by atoms with Gasteiger partial charge in [0.25, 0.3) is 0 Å². The van der Waals surface area contributed by atoms with Crippen molar-refractivity contribution in [1.29, 1.82) is 0 Å². The summed E-state index contributed by atoms with van der Waals surface area (Å²) < 4.78 is 0. The molecule has 1 heterocycles. The van der Waals surface area contributed by atoms with Crippen LogP contribution in [0.5, 0.6) is 0 Å². The van der Waals surface area contributed by atoms with Gasteiger partial charge >= 0.3 is 0 Å². The van der Waals surface area contributed by atoms with Crippen LogP contribution in [0.1, 0.15) is 66.4 Å². The number of amides is 1. The van der Waals surface area contributed by atoms with E-state index in [9.17, 15) is 4.79 Å². The van der Waals surface area contributed by atoms with Crippen molar-refractivity contribution in [1.82, 2.24) is 0 Å². The summed E-state index contributed by atoms with van der Waals surface area (Å²) in [5.41, 5.74) is 7.65. The second-order valence-corrected chi connectivity index (χ2v) is 13.7. The number of hydrogen-bond donors (Lipinski definition) is 0. The summed E-state index contributed by atoms with van der Waals surface area (Å²) in [5, 5.41) is 0. The first-order valence-corrected chi connectivity index (χ1v) is 12.0. The SMILES string of the molecule is CC(C)[Si](C#Cc1ccccc1N1CCCCC1=O)(C(C)C)C(C)C. The van der Waals surface area contributed by atoms with Gasteiger partial charge < -0.3 is 4.90 Å². The van der Waals surface area contributed by atoms with Crippen LogP contribution in [0.3, 0.4) is 0 Å². The Morgan fingerprint density at radius 3 is 2.12 bits per heavy atom. The number of benzene rings is 1. The quantitative estimate of drug-likeness (QED) is 0.496. The summed E-state index contributed by atoms with van der Waals surface area (Å²) >= 11 is 0. The first-order chi connectivity index (χ1) is 11.8. The Labute approximate surface area is 155 Å². The van der Waals surface area contributed by atoms with E-state index in [-0.39, 0.29) is 5.91 Å². The van der Waals surface area contributed by atoms with Crippen LogP contribution in [-0.4, -0.2) is 20.5 Å². The van der Waals surface area contributed by atoms with Crippen LogP contribution in [0.4, 0.5) is 5.69 Å². The van der Waals surface area contributed by atoms with Crippen LogP contribution in [0.15, 0.2) is 24.3 Å². The Hall–Kier alpha value is -1.53. The zero-order chi connectivity index (χ0) is 18.6. The third-order valence-electron chi connectivity index (χ3n) is 5.80. The third kappa shape index (κ3) is 4.01. The molecule has 1 aromatic rings. The van der Waals surface area contributed by atoms with E-state index in [4.69, 9.17) is 0 Å². The second-order valence-electron chi connectivity index (χ2n) is 8.17. The predicted molar refractivity (Wildman–Crippen MR) is 111 cm³/mol. The van der Waals surface area contributed by atoms with Crippen LogP contribution in [-0.2, 0) is 4.79 Å². The Bertz CT molecular complexity index is 644. The molecule has 0 spiro atoms. The first-order valence-electron chi connectivity index (χ1n) is 9.73. The highest BCUT2D eigenvalue weighted by Gasteiger charge is 2.41. The molecule has 1 fully saturated rings.